The molecular formula is C22H20ClN3O2S. The number of rotatable bonds is 3. The summed E-state index contributed by atoms with van der Waals surface area (Å²) in [6.45, 7) is 2.39. The first kappa shape index (κ1) is 19.7. The van der Waals surface area contributed by atoms with Gasteiger partial charge in [0.1, 0.15) is 5.75 Å². The number of ether oxygens (including phenoxy) is 1. The summed E-state index contributed by atoms with van der Waals surface area (Å²) in [5, 5.41) is 11.4. The first-order valence-corrected chi connectivity index (χ1v) is 10.6. The molecule has 1 unspecified atom stereocenters. The molecule has 0 saturated carbocycles. The lowest BCUT2D eigenvalue weighted by atomic mass is 9.86. The number of nitrogens with zero attached hydrogens (tertiary/aromatic N) is 3. The summed E-state index contributed by atoms with van der Waals surface area (Å²) in [5.41, 5.74) is 3.56. The third-order valence-electron chi connectivity index (χ3n) is 5.37. The highest BCUT2D eigenvalue weighted by molar-refractivity contribution is 8.03. The van der Waals surface area contributed by atoms with Crippen LogP contribution >= 0.6 is 23.4 Å². The van der Waals surface area contributed by atoms with E-state index in [-0.39, 0.29) is 18.2 Å². The zero-order valence-corrected chi connectivity index (χ0v) is 17.8. The number of thioether (sulfide) groups is 1. The van der Waals surface area contributed by atoms with Crippen molar-refractivity contribution in [3.05, 3.63) is 69.2 Å². The molecule has 2 aliphatic heterocycles. The number of benzene rings is 2. The molecule has 7 heteroatoms. The minimum absolute atomic E-state index is 0.0173. The highest BCUT2D eigenvalue weighted by atomic mass is 35.5. The maximum Gasteiger partial charge on any atom is 0.229 e. The number of allylic oxidation sites excluding steroid dienone is 1. The normalized spacial score (nSPS) is 19.1. The van der Waals surface area contributed by atoms with Gasteiger partial charge in [0, 0.05) is 23.0 Å². The number of nitriles is 1. The standard InChI is InChI=1S/C22H20ClN3O2S/c1-14-19(23)7-4-8-20(14)25-12-26-21(27)10-17(18(11-24)22(26)29-13-25)15-5-3-6-16(9-15)28-2/h3-9,17H,10,12-13H2,1-2H3. The summed E-state index contributed by atoms with van der Waals surface area (Å²) >= 11 is 7.80. The monoisotopic (exact) mass is 425 g/mol. The molecule has 0 aliphatic carbocycles. The number of carbonyl (C=O) groups is 1. The Balaban J connectivity index is 1.68. The molecule has 29 heavy (non-hydrogen) atoms. The Morgan fingerprint density at radius 1 is 1.28 bits per heavy atom. The highest BCUT2D eigenvalue weighted by Gasteiger charge is 2.38. The van der Waals surface area contributed by atoms with Gasteiger partial charge in [0.25, 0.3) is 0 Å². The summed E-state index contributed by atoms with van der Waals surface area (Å²) in [5.74, 6) is 1.14. The molecule has 0 spiro atoms. The van der Waals surface area contributed by atoms with Gasteiger partial charge in [-0.3, -0.25) is 9.69 Å². The lowest BCUT2D eigenvalue weighted by Gasteiger charge is -2.42. The Labute approximate surface area is 179 Å². The van der Waals surface area contributed by atoms with Gasteiger partial charge in [-0.15, -0.1) is 0 Å². The van der Waals surface area contributed by atoms with Gasteiger partial charge in [-0.2, -0.15) is 5.26 Å². The Morgan fingerprint density at radius 3 is 2.83 bits per heavy atom. The molecule has 0 aromatic heterocycles. The molecule has 5 nitrogen and oxygen atoms in total. The Kier molecular flexibility index (Phi) is 5.44. The van der Waals surface area contributed by atoms with Gasteiger partial charge < -0.3 is 9.64 Å². The molecule has 2 heterocycles. The average Bonchev–Trinajstić information content (AvgIpc) is 2.75. The number of carbonyl (C=O) groups excluding carboxylic acids is 1. The first-order chi connectivity index (χ1) is 14.0. The summed E-state index contributed by atoms with van der Waals surface area (Å²) in [4.78, 5) is 16.9. The number of hydrogen-bond donors (Lipinski definition) is 0. The summed E-state index contributed by atoms with van der Waals surface area (Å²) in [7, 11) is 1.61. The van der Waals surface area contributed by atoms with Crippen LogP contribution in [0.25, 0.3) is 0 Å². The average molecular weight is 426 g/mol. The minimum atomic E-state index is -0.249. The number of halogens is 1. The molecule has 148 valence electrons. The largest absolute Gasteiger partial charge is 0.497 e. The Hall–Kier alpha value is -2.62. The van der Waals surface area contributed by atoms with Crippen LogP contribution in [0.5, 0.6) is 5.75 Å². The number of fused-ring (bicyclic) bond motifs is 1. The molecule has 2 aromatic carbocycles. The van der Waals surface area contributed by atoms with Crippen molar-refractivity contribution in [3.8, 4) is 11.8 Å². The molecule has 1 fully saturated rings. The van der Waals surface area contributed by atoms with Gasteiger partial charge in [-0.25, -0.2) is 0 Å². The van der Waals surface area contributed by atoms with Crippen molar-refractivity contribution >= 4 is 35.0 Å². The van der Waals surface area contributed by atoms with Crippen LogP contribution in [0.2, 0.25) is 5.02 Å². The van der Waals surface area contributed by atoms with Gasteiger partial charge in [0.2, 0.25) is 5.91 Å². The fraction of sp³-hybridized carbons (Fsp3) is 0.273. The zero-order chi connectivity index (χ0) is 20.5. The lowest BCUT2D eigenvalue weighted by molar-refractivity contribution is -0.129. The topological polar surface area (TPSA) is 56.6 Å². The molecule has 4 rings (SSSR count). The SMILES string of the molecule is COc1cccc(C2CC(=O)N3CN(c4cccc(Cl)c4C)CSC3=C2C#N)c1. The number of methoxy groups -OCH3 is 1. The van der Waals surface area contributed by atoms with Crippen LogP contribution < -0.4 is 9.64 Å². The molecular weight excluding hydrogens is 406 g/mol. The van der Waals surface area contributed by atoms with Gasteiger partial charge in [-0.05, 0) is 42.3 Å². The van der Waals surface area contributed by atoms with Gasteiger partial charge in [-0.1, -0.05) is 41.6 Å². The van der Waals surface area contributed by atoms with Crippen LogP contribution in [0.15, 0.2) is 53.1 Å². The van der Waals surface area contributed by atoms with E-state index in [2.05, 4.69) is 11.0 Å². The smallest absolute Gasteiger partial charge is 0.229 e. The quantitative estimate of drug-likeness (QED) is 0.701. The van der Waals surface area contributed by atoms with Gasteiger partial charge in [0.15, 0.2) is 0 Å². The first-order valence-electron chi connectivity index (χ1n) is 9.25. The number of amides is 1. The van der Waals surface area contributed by atoms with Crippen LogP contribution in [-0.2, 0) is 4.79 Å². The van der Waals surface area contributed by atoms with Crippen LogP contribution in [0, 0.1) is 18.3 Å². The van der Waals surface area contributed by atoms with Crippen molar-refractivity contribution in [1.29, 1.82) is 5.26 Å². The summed E-state index contributed by atoms with van der Waals surface area (Å²) in [6, 6.07) is 15.8. The van der Waals surface area contributed by atoms with E-state index in [1.54, 1.807) is 12.0 Å². The van der Waals surface area contributed by atoms with E-state index in [4.69, 9.17) is 16.3 Å². The Morgan fingerprint density at radius 2 is 2.07 bits per heavy atom. The maximum atomic E-state index is 13.0. The van der Waals surface area contributed by atoms with E-state index in [0.29, 0.717) is 23.1 Å². The molecule has 1 saturated heterocycles. The second-order valence-corrected chi connectivity index (χ2v) is 8.37. The Bertz CT molecular complexity index is 1050. The van der Waals surface area contributed by atoms with E-state index >= 15 is 0 Å². The maximum absolute atomic E-state index is 13.0. The second-order valence-electron chi connectivity index (χ2n) is 7.02. The van der Waals surface area contributed by atoms with E-state index in [1.165, 1.54) is 11.8 Å². The van der Waals surface area contributed by atoms with E-state index in [9.17, 15) is 10.1 Å². The van der Waals surface area contributed by atoms with Crippen molar-refractivity contribution in [3.63, 3.8) is 0 Å². The van der Waals surface area contributed by atoms with Crippen LogP contribution in [-0.4, -0.2) is 30.5 Å². The highest BCUT2D eigenvalue weighted by Crippen LogP contribution is 2.44. The fourth-order valence-electron chi connectivity index (χ4n) is 3.80. The van der Waals surface area contributed by atoms with Crippen molar-refractivity contribution in [2.75, 3.05) is 24.6 Å². The van der Waals surface area contributed by atoms with E-state index < -0.39 is 0 Å². The summed E-state index contributed by atoms with van der Waals surface area (Å²) in [6.07, 6.45) is 0.266. The predicted molar refractivity (Wildman–Crippen MR) is 116 cm³/mol. The number of hydrogen-bond acceptors (Lipinski definition) is 5. The predicted octanol–water partition coefficient (Wildman–Crippen LogP) is 4.88. The molecule has 0 radical (unpaired) electrons. The van der Waals surface area contributed by atoms with E-state index in [0.717, 1.165) is 27.6 Å². The molecule has 2 aromatic rings. The molecule has 2 aliphatic rings. The molecule has 0 bridgehead atoms. The molecule has 1 atom stereocenters. The van der Waals surface area contributed by atoms with Crippen LogP contribution in [0.4, 0.5) is 5.69 Å². The molecule has 1 amide bonds. The van der Waals surface area contributed by atoms with Crippen molar-refractivity contribution in [2.45, 2.75) is 19.3 Å². The van der Waals surface area contributed by atoms with Crippen molar-refractivity contribution in [2.24, 2.45) is 0 Å². The van der Waals surface area contributed by atoms with Gasteiger partial charge >= 0.3 is 0 Å². The lowest BCUT2D eigenvalue weighted by Crippen LogP contribution is -2.47. The zero-order valence-electron chi connectivity index (χ0n) is 16.2. The van der Waals surface area contributed by atoms with Crippen molar-refractivity contribution in [1.82, 2.24) is 4.90 Å². The van der Waals surface area contributed by atoms with Crippen LogP contribution in [0.1, 0.15) is 23.5 Å². The van der Waals surface area contributed by atoms with Gasteiger partial charge in [0.05, 0.1) is 36.3 Å². The minimum Gasteiger partial charge on any atom is -0.497 e. The third kappa shape index (κ3) is 3.57. The molecule has 0 N–H and O–H groups in total. The third-order valence-corrected chi connectivity index (χ3v) is 6.93. The van der Waals surface area contributed by atoms with Crippen molar-refractivity contribution < 1.29 is 9.53 Å². The fourth-order valence-corrected chi connectivity index (χ4v) is 5.12. The van der Waals surface area contributed by atoms with Crippen LogP contribution in [0.3, 0.4) is 0 Å². The number of anilines is 1. The summed E-state index contributed by atoms with van der Waals surface area (Å²) < 4.78 is 5.31. The second kappa shape index (κ2) is 8.02. The van der Waals surface area contributed by atoms with E-state index in [1.807, 2.05) is 49.4 Å².